The highest BCUT2D eigenvalue weighted by atomic mass is 19.1. The van der Waals surface area contributed by atoms with Crippen molar-refractivity contribution in [2.24, 2.45) is 0 Å². The Labute approximate surface area is 123 Å². The maximum absolute atomic E-state index is 13.4. The standard InChI is InChI=1S/C15H20F2N2O2/c1-3-5-9-19(8-4-2)15(21)14(20)18-13-7-6-11(16)10-12(13)17/h6-7,10H,3-5,8-9H2,1-2H3,(H,18,20). The molecule has 6 heteroatoms. The number of unbranched alkanes of at least 4 members (excludes halogenated alkanes) is 1. The maximum Gasteiger partial charge on any atom is 0.313 e. The lowest BCUT2D eigenvalue weighted by Gasteiger charge is -2.21. The fourth-order valence-corrected chi connectivity index (χ4v) is 1.84. The predicted octanol–water partition coefficient (Wildman–Crippen LogP) is 2.94. The van der Waals surface area contributed by atoms with Gasteiger partial charge in [0.1, 0.15) is 11.6 Å². The first-order chi connectivity index (χ1) is 9.99. The highest BCUT2D eigenvalue weighted by Crippen LogP contribution is 2.15. The fourth-order valence-electron chi connectivity index (χ4n) is 1.84. The van der Waals surface area contributed by atoms with Gasteiger partial charge in [-0.05, 0) is 25.0 Å². The van der Waals surface area contributed by atoms with Crippen molar-refractivity contribution in [2.45, 2.75) is 33.1 Å². The minimum atomic E-state index is -0.912. The first-order valence-corrected chi connectivity index (χ1v) is 7.04. The topological polar surface area (TPSA) is 49.4 Å². The van der Waals surface area contributed by atoms with E-state index in [1.54, 1.807) is 0 Å². The molecule has 2 amide bonds. The number of nitrogens with one attached hydrogen (secondary N) is 1. The summed E-state index contributed by atoms with van der Waals surface area (Å²) in [5, 5.41) is 2.18. The van der Waals surface area contributed by atoms with E-state index in [2.05, 4.69) is 5.32 Å². The largest absolute Gasteiger partial charge is 0.334 e. The van der Waals surface area contributed by atoms with Crippen LogP contribution in [0.15, 0.2) is 18.2 Å². The number of hydrogen-bond donors (Lipinski definition) is 1. The average Bonchev–Trinajstić information content (AvgIpc) is 2.45. The van der Waals surface area contributed by atoms with Crippen molar-refractivity contribution in [3.05, 3.63) is 29.8 Å². The van der Waals surface area contributed by atoms with Crippen molar-refractivity contribution in [2.75, 3.05) is 18.4 Å². The second-order valence-electron chi connectivity index (χ2n) is 4.72. The van der Waals surface area contributed by atoms with Crippen LogP contribution in [0.4, 0.5) is 14.5 Å². The molecule has 0 atom stereocenters. The number of hydrogen-bond acceptors (Lipinski definition) is 2. The summed E-state index contributed by atoms with van der Waals surface area (Å²) in [5.41, 5.74) is -0.207. The zero-order valence-electron chi connectivity index (χ0n) is 12.3. The molecule has 0 radical (unpaired) electrons. The normalized spacial score (nSPS) is 10.3. The minimum Gasteiger partial charge on any atom is -0.334 e. The first kappa shape index (κ1) is 17.1. The molecule has 116 valence electrons. The fraction of sp³-hybridized carbons (Fsp3) is 0.467. The van der Waals surface area contributed by atoms with E-state index in [1.165, 1.54) is 4.90 Å². The van der Waals surface area contributed by atoms with Crippen molar-refractivity contribution >= 4 is 17.5 Å². The van der Waals surface area contributed by atoms with Gasteiger partial charge in [-0.15, -0.1) is 0 Å². The first-order valence-electron chi connectivity index (χ1n) is 7.04. The molecule has 0 heterocycles. The number of carbonyl (C=O) groups excluding carboxylic acids is 2. The zero-order chi connectivity index (χ0) is 15.8. The van der Waals surface area contributed by atoms with Gasteiger partial charge in [0.15, 0.2) is 0 Å². The molecule has 0 spiro atoms. The molecule has 4 nitrogen and oxygen atoms in total. The summed E-state index contributed by atoms with van der Waals surface area (Å²) in [7, 11) is 0. The highest BCUT2D eigenvalue weighted by Gasteiger charge is 2.21. The lowest BCUT2D eigenvalue weighted by atomic mass is 10.2. The van der Waals surface area contributed by atoms with Gasteiger partial charge in [0.25, 0.3) is 0 Å². The molecule has 0 aliphatic carbocycles. The molecule has 1 N–H and O–H groups in total. The Morgan fingerprint density at radius 2 is 1.86 bits per heavy atom. The number of rotatable bonds is 6. The van der Waals surface area contributed by atoms with Crippen LogP contribution in [-0.4, -0.2) is 29.8 Å². The van der Waals surface area contributed by atoms with E-state index in [1.807, 2.05) is 13.8 Å². The Kier molecular flexibility index (Phi) is 6.78. The number of benzene rings is 1. The Morgan fingerprint density at radius 3 is 2.43 bits per heavy atom. The molecular formula is C15H20F2N2O2. The summed E-state index contributed by atoms with van der Waals surface area (Å²) < 4.78 is 26.2. The maximum atomic E-state index is 13.4. The van der Waals surface area contributed by atoms with Crippen molar-refractivity contribution in [3.8, 4) is 0 Å². The summed E-state index contributed by atoms with van der Waals surface area (Å²) in [5.74, 6) is -3.27. The molecule has 0 saturated carbocycles. The number of nitrogens with zero attached hydrogens (tertiary/aromatic N) is 1. The van der Waals surface area contributed by atoms with E-state index >= 15 is 0 Å². The Hall–Kier alpha value is -1.98. The van der Waals surface area contributed by atoms with Gasteiger partial charge in [-0.1, -0.05) is 20.3 Å². The molecule has 0 saturated heterocycles. The molecule has 0 aliphatic heterocycles. The van der Waals surface area contributed by atoms with Gasteiger partial charge in [0.05, 0.1) is 5.69 Å². The van der Waals surface area contributed by atoms with Crippen LogP contribution in [0.25, 0.3) is 0 Å². The quantitative estimate of drug-likeness (QED) is 0.821. The predicted molar refractivity (Wildman–Crippen MR) is 76.8 cm³/mol. The Balaban J connectivity index is 2.73. The van der Waals surface area contributed by atoms with Crippen molar-refractivity contribution < 1.29 is 18.4 Å². The molecular weight excluding hydrogens is 278 g/mol. The van der Waals surface area contributed by atoms with Crippen molar-refractivity contribution in [3.63, 3.8) is 0 Å². The zero-order valence-corrected chi connectivity index (χ0v) is 12.3. The molecule has 0 aromatic heterocycles. The average molecular weight is 298 g/mol. The van der Waals surface area contributed by atoms with Gasteiger partial charge in [-0.3, -0.25) is 9.59 Å². The molecule has 1 rings (SSSR count). The smallest absolute Gasteiger partial charge is 0.313 e. The summed E-state index contributed by atoms with van der Waals surface area (Å²) in [6.07, 6.45) is 2.43. The second kappa shape index (κ2) is 8.34. The van der Waals surface area contributed by atoms with Gasteiger partial charge in [0, 0.05) is 19.2 Å². The monoisotopic (exact) mass is 298 g/mol. The van der Waals surface area contributed by atoms with E-state index in [4.69, 9.17) is 0 Å². The van der Waals surface area contributed by atoms with Gasteiger partial charge < -0.3 is 10.2 Å². The molecule has 21 heavy (non-hydrogen) atoms. The SMILES string of the molecule is CCCCN(CCC)C(=O)C(=O)Nc1ccc(F)cc1F. The lowest BCUT2D eigenvalue weighted by Crippen LogP contribution is -2.40. The molecule has 0 fully saturated rings. The van der Waals surface area contributed by atoms with E-state index in [-0.39, 0.29) is 5.69 Å². The number of amides is 2. The summed E-state index contributed by atoms with van der Waals surface area (Å²) in [6, 6.07) is 2.76. The summed E-state index contributed by atoms with van der Waals surface area (Å²) in [4.78, 5) is 25.3. The third-order valence-electron chi connectivity index (χ3n) is 2.94. The van der Waals surface area contributed by atoms with Crippen molar-refractivity contribution in [1.29, 1.82) is 0 Å². The van der Waals surface area contributed by atoms with Crippen LogP contribution in [0.5, 0.6) is 0 Å². The molecule has 0 unspecified atom stereocenters. The van der Waals surface area contributed by atoms with Crippen LogP contribution < -0.4 is 5.32 Å². The van der Waals surface area contributed by atoms with Crippen LogP contribution >= 0.6 is 0 Å². The van der Waals surface area contributed by atoms with Crippen molar-refractivity contribution in [1.82, 2.24) is 4.90 Å². The van der Waals surface area contributed by atoms with Gasteiger partial charge in [0.2, 0.25) is 0 Å². The minimum absolute atomic E-state index is 0.207. The third-order valence-corrected chi connectivity index (χ3v) is 2.94. The van der Waals surface area contributed by atoms with E-state index in [9.17, 15) is 18.4 Å². The number of anilines is 1. The van der Waals surface area contributed by atoms with Crippen LogP contribution in [0.3, 0.4) is 0 Å². The van der Waals surface area contributed by atoms with Gasteiger partial charge >= 0.3 is 11.8 Å². The van der Waals surface area contributed by atoms with Crippen LogP contribution in [0, 0.1) is 11.6 Å². The number of halogens is 2. The Bertz CT molecular complexity index is 506. The summed E-state index contributed by atoms with van der Waals surface area (Å²) >= 11 is 0. The number of carbonyl (C=O) groups is 2. The lowest BCUT2D eigenvalue weighted by molar-refractivity contribution is -0.143. The van der Waals surface area contributed by atoms with Crippen LogP contribution in [0.2, 0.25) is 0 Å². The van der Waals surface area contributed by atoms with E-state index in [0.717, 1.165) is 31.4 Å². The highest BCUT2D eigenvalue weighted by molar-refractivity contribution is 6.39. The van der Waals surface area contributed by atoms with Gasteiger partial charge in [-0.2, -0.15) is 0 Å². The van der Waals surface area contributed by atoms with Gasteiger partial charge in [-0.25, -0.2) is 8.78 Å². The van der Waals surface area contributed by atoms with E-state index < -0.39 is 23.4 Å². The Morgan fingerprint density at radius 1 is 1.14 bits per heavy atom. The molecule has 1 aromatic carbocycles. The van der Waals surface area contributed by atoms with Crippen LogP contribution in [-0.2, 0) is 9.59 Å². The molecule has 1 aromatic rings. The third kappa shape index (κ3) is 5.13. The van der Waals surface area contributed by atoms with E-state index in [0.29, 0.717) is 19.2 Å². The van der Waals surface area contributed by atoms with Crippen LogP contribution in [0.1, 0.15) is 33.1 Å². The molecule has 0 bridgehead atoms. The molecule has 0 aliphatic rings. The second-order valence-corrected chi connectivity index (χ2v) is 4.72. The summed E-state index contributed by atoms with van der Waals surface area (Å²) in [6.45, 7) is 4.85.